The zero-order valence-corrected chi connectivity index (χ0v) is 15.4. The van der Waals surface area contributed by atoms with Crippen molar-refractivity contribution in [2.45, 2.75) is 13.3 Å². The second-order valence-electron chi connectivity index (χ2n) is 7.55. The number of anilines is 1. The normalized spacial score (nSPS) is 22.5. The molecule has 8 heteroatoms. The zero-order valence-electron chi connectivity index (χ0n) is 15.4. The van der Waals surface area contributed by atoms with Gasteiger partial charge in [-0.2, -0.15) is 5.10 Å². The third-order valence-electron chi connectivity index (χ3n) is 5.61. The number of fused-ring (bicyclic) bond motifs is 1. The first-order chi connectivity index (χ1) is 13.2. The van der Waals surface area contributed by atoms with E-state index < -0.39 is 0 Å². The summed E-state index contributed by atoms with van der Waals surface area (Å²) in [5.41, 5.74) is 0.957. The summed E-state index contributed by atoms with van der Waals surface area (Å²) in [4.78, 5) is 13.8. The van der Waals surface area contributed by atoms with Gasteiger partial charge in [-0.15, -0.1) is 0 Å². The standard InChI is InChI=1S/C19H23N7O/c1-14-7-17(27-23-14)3-6-24-9-15-11-25(12-16(15)10-24)18-8-19(21-13-20-18)26-5-2-4-22-26/h2,4-5,7-8,13,15-16H,3,6,9-12H2,1H3. The summed E-state index contributed by atoms with van der Waals surface area (Å²) in [7, 11) is 0. The maximum Gasteiger partial charge on any atom is 0.158 e. The van der Waals surface area contributed by atoms with Gasteiger partial charge in [-0.3, -0.25) is 0 Å². The lowest BCUT2D eigenvalue weighted by Crippen LogP contribution is -2.30. The first-order valence-corrected chi connectivity index (χ1v) is 9.46. The van der Waals surface area contributed by atoms with Gasteiger partial charge in [0.1, 0.15) is 17.9 Å². The van der Waals surface area contributed by atoms with Gasteiger partial charge in [-0.05, 0) is 24.8 Å². The molecule has 5 rings (SSSR count). The largest absolute Gasteiger partial charge is 0.361 e. The van der Waals surface area contributed by atoms with Gasteiger partial charge in [-0.25, -0.2) is 14.6 Å². The van der Waals surface area contributed by atoms with Crippen LogP contribution >= 0.6 is 0 Å². The van der Waals surface area contributed by atoms with Crippen molar-refractivity contribution >= 4 is 5.82 Å². The lowest BCUT2D eigenvalue weighted by Gasteiger charge is -2.22. The first kappa shape index (κ1) is 16.4. The molecule has 27 heavy (non-hydrogen) atoms. The van der Waals surface area contributed by atoms with Gasteiger partial charge >= 0.3 is 0 Å². The predicted molar refractivity (Wildman–Crippen MR) is 99.7 cm³/mol. The maximum atomic E-state index is 5.33. The van der Waals surface area contributed by atoms with Crippen molar-refractivity contribution in [3.63, 3.8) is 0 Å². The van der Waals surface area contributed by atoms with Crippen molar-refractivity contribution in [1.82, 2.24) is 29.8 Å². The van der Waals surface area contributed by atoms with Crippen LogP contribution in [0.25, 0.3) is 5.82 Å². The molecule has 2 fully saturated rings. The average molecular weight is 365 g/mol. The Labute approximate surface area is 157 Å². The zero-order chi connectivity index (χ0) is 18.2. The Hall–Kier alpha value is -2.74. The maximum absolute atomic E-state index is 5.33. The molecule has 0 N–H and O–H groups in total. The van der Waals surface area contributed by atoms with E-state index in [2.05, 4.69) is 30.0 Å². The molecule has 140 valence electrons. The fourth-order valence-electron chi connectivity index (χ4n) is 4.30. The Kier molecular flexibility index (Phi) is 4.12. The third-order valence-corrected chi connectivity index (χ3v) is 5.61. The molecule has 0 bridgehead atoms. The predicted octanol–water partition coefficient (Wildman–Crippen LogP) is 1.57. The van der Waals surface area contributed by atoms with Crippen molar-refractivity contribution in [2.24, 2.45) is 11.8 Å². The fraction of sp³-hybridized carbons (Fsp3) is 0.474. The van der Waals surface area contributed by atoms with Crippen molar-refractivity contribution in [2.75, 3.05) is 37.6 Å². The van der Waals surface area contributed by atoms with Crippen LogP contribution in [0.1, 0.15) is 11.5 Å². The highest BCUT2D eigenvalue weighted by molar-refractivity contribution is 5.44. The van der Waals surface area contributed by atoms with Gasteiger partial charge in [0, 0.05) is 63.7 Å². The molecule has 0 aliphatic carbocycles. The number of likely N-dealkylation sites (tertiary alicyclic amines) is 1. The number of aryl methyl sites for hydroxylation is 1. The minimum atomic E-state index is 0.699. The molecular weight excluding hydrogens is 342 g/mol. The summed E-state index contributed by atoms with van der Waals surface area (Å²) >= 11 is 0. The van der Waals surface area contributed by atoms with Gasteiger partial charge in [0.25, 0.3) is 0 Å². The summed E-state index contributed by atoms with van der Waals surface area (Å²) < 4.78 is 7.10. The number of aromatic nitrogens is 5. The van der Waals surface area contributed by atoms with Gasteiger partial charge in [0.15, 0.2) is 5.82 Å². The molecule has 2 aliphatic heterocycles. The molecule has 2 unspecified atom stereocenters. The van der Waals surface area contributed by atoms with Gasteiger partial charge in [0.2, 0.25) is 0 Å². The summed E-state index contributed by atoms with van der Waals surface area (Å²) in [6, 6.07) is 5.96. The molecule has 2 aliphatic rings. The monoisotopic (exact) mass is 365 g/mol. The molecule has 0 amide bonds. The van der Waals surface area contributed by atoms with Gasteiger partial charge in [-0.1, -0.05) is 5.16 Å². The molecule has 0 aromatic carbocycles. The Bertz CT molecular complexity index is 892. The van der Waals surface area contributed by atoms with Crippen LogP contribution in [0.15, 0.2) is 41.4 Å². The summed E-state index contributed by atoms with van der Waals surface area (Å²) in [6.07, 6.45) is 6.23. The van der Waals surface area contributed by atoms with E-state index in [1.165, 1.54) is 0 Å². The van der Waals surface area contributed by atoms with Crippen LogP contribution < -0.4 is 4.90 Å². The molecular formula is C19H23N7O. The van der Waals surface area contributed by atoms with E-state index in [-0.39, 0.29) is 0 Å². The molecule has 3 aromatic rings. The lowest BCUT2D eigenvalue weighted by molar-refractivity contribution is 0.299. The van der Waals surface area contributed by atoms with Crippen LogP contribution in [0.2, 0.25) is 0 Å². The van der Waals surface area contributed by atoms with Crippen LogP contribution in [0.3, 0.4) is 0 Å². The molecule has 3 aromatic heterocycles. The van der Waals surface area contributed by atoms with Crippen molar-refractivity contribution in [3.05, 3.63) is 48.4 Å². The van der Waals surface area contributed by atoms with Crippen molar-refractivity contribution < 1.29 is 4.52 Å². The minimum Gasteiger partial charge on any atom is -0.361 e. The van der Waals surface area contributed by atoms with E-state index in [0.717, 1.165) is 62.2 Å². The van der Waals surface area contributed by atoms with E-state index in [1.807, 2.05) is 31.3 Å². The van der Waals surface area contributed by atoms with E-state index in [4.69, 9.17) is 4.52 Å². The Morgan fingerprint density at radius 3 is 2.59 bits per heavy atom. The second-order valence-corrected chi connectivity index (χ2v) is 7.55. The highest BCUT2D eigenvalue weighted by Gasteiger charge is 2.40. The molecule has 0 radical (unpaired) electrons. The van der Waals surface area contributed by atoms with Crippen LogP contribution in [-0.4, -0.2) is 62.5 Å². The van der Waals surface area contributed by atoms with Crippen LogP contribution in [0, 0.1) is 18.8 Å². The van der Waals surface area contributed by atoms with Crippen molar-refractivity contribution in [3.8, 4) is 5.82 Å². The van der Waals surface area contributed by atoms with Crippen LogP contribution in [-0.2, 0) is 6.42 Å². The second kappa shape index (κ2) is 6.77. The van der Waals surface area contributed by atoms with Gasteiger partial charge < -0.3 is 14.3 Å². The van der Waals surface area contributed by atoms with E-state index >= 15 is 0 Å². The molecule has 0 spiro atoms. The molecule has 2 atom stereocenters. The summed E-state index contributed by atoms with van der Waals surface area (Å²) in [5, 5.41) is 8.23. The van der Waals surface area contributed by atoms with Crippen LogP contribution in [0.5, 0.6) is 0 Å². The topological polar surface area (TPSA) is 76.1 Å². The molecule has 0 saturated carbocycles. The Balaban J connectivity index is 1.19. The smallest absolute Gasteiger partial charge is 0.158 e. The molecule has 5 heterocycles. The molecule has 2 saturated heterocycles. The number of hydrogen-bond acceptors (Lipinski definition) is 7. The van der Waals surface area contributed by atoms with Crippen LogP contribution in [0.4, 0.5) is 5.82 Å². The Morgan fingerprint density at radius 2 is 1.89 bits per heavy atom. The fourth-order valence-corrected chi connectivity index (χ4v) is 4.30. The lowest BCUT2D eigenvalue weighted by atomic mass is 10.0. The van der Waals surface area contributed by atoms with Crippen molar-refractivity contribution in [1.29, 1.82) is 0 Å². The average Bonchev–Trinajstić information content (AvgIpc) is 3.44. The number of rotatable bonds is 5. The minimum absolute atomic E-state index is 0.699. The first-order valence-electron chi connectivity index (χ1n) is 9.46. The van der Waals surface area contributed by atoms with E-state index in [1.54, 1.807) is 17.2 Å². The van der Waals surface area contributed by atoms with E-state index in [0.29, 0.717) is 11.8 Å². The molecule has 8 nitrogen and oxygen atoms in total. The number of hydrogen-bond donors (Lipinski definition) is 0. The quantitative estimate of drug-likeness (QED) is 0.679. The highest BCUT2D eigenvalue weighted by atomic mass is 16.5. The number of nitrogens with zero attached hydrogens (tertiary/aromatic N) is 7. The summed E-state index contributed by atoms with van der Waals surface area (Å²) in [5.74, 6) is 4.19. The summed E-state index contributed by atoms with van der Waals surface area (Å²) in [6.45, 7) is 7.40. The highest BCUT2D eigenvalue weighted by Crippen LogP contribution is 2.33. The van der Waals surface area contributed by atoms with Gasteiger partial charge in [0.05, 0.1) is 5.69 Å². The third kappa shape index (κ3) is 3.32. The Morgan fingerprint density at radius 1 is 1.07 bits per heavy atom. The SMILES string of the molecule is Cc1cc(CCN2CC3CN(c4cc(-n5cccn5)ncn4)CC3C2)on1. The van der Waals surface area contributed by atoms with E-state index in [9.17, 15) is 0 Å².